The molecule has 10 aromatic rings. The zero-order chi connectivity index (χ0) is 96.2. The molecule has 5 atom stereocenters. The normalized spacial score (nSPS) is 23.4. The smallest absolute Gasteiger partial charge is 0.281 e. The molecule has 5 amide bonds. The Hall–Kier alpha value is -10.8. The van der Waals surface area contributed by atoms with Gasteiger partial charge in [-0.25, -0.2) is 82.0 Å². The standard InChI is InChI=1S/C21H25FN4O.C20H20F4N4O.C19H20ClF4N3O.C19H23F2N3O.C18H21F2N3O/c1-20(2,13-5-6-13)11-17(27)25-19-24-16-8-7-15(22)14(12-23)18(16)26(19)21(3)9-4-10-21;1-18(6-3-7-18)28-16-12(10-25)13(21)4-5-14(16)26-17(28)27-15(29)8-11-9-20(23,24)19(11,2)22;1-17(4-3-5-17)27-14-7-11(20)12(21)8-13(14)25-16(27)26-15(28)6-10-9-19(23,24)18(10,2)22;1-11(18(2)7-8-18)16(25)23-17-22-14-9-12(20)13(21)10-15(14)24(17)19(3)5-4-6-19;1-17(6-7-17)10-15(24)22-16-21-13-8-11(19)12(20)9-14(13)23(16)18(2)4-3-5-18/h7-8,13H,4-6,9-11H2,1-3H3,(H,24,25,27);4-5,11H,3,6-9H2,1-2H3,(H,26,27,29);7-8,10H,3-6,9H2,1-2H3,(H,25,26,28);9-11H,4-8H2,1-3H3,(H,22,23,25);8-9H,3-7,10H2,1-2H3,(H,21,22,24). The third-order valence-electron chi connectivity index (χ3n) is 31.2. The van der Waals surface area contributed by atoms with E-state index in [2.05, 4.69) is 100.0 Å². The third-order valence-corrected chi connectivity index (χ3v) is 31.5. The van der Waals surface area contributed by atoms with E-state index >= 15 is 0 Å². The lowest BCUT2D eigenvalue weighted by molar-refractivity contribution is -0.242. The van der Waals surface area contributed by atoms with Crippen molar-refractivity contribution in [3.63, 3.8) is 0 Å². The Morgan fingerprint density at radius 3 is 1.08 bits per heavy atom. The van der Waals surface area contributed by atoms with Gasteiger partial charge in [-0.3, -0.25) is 50.6 Å². The number of anilines is 5. The van der Waals surface area contributed by atoms with Crippen molar-refractivity contribution in [2.45, 2.75) is 307 Å². The summed E-state index contributed by atoms with van der Waals surface area (Å²) in [6, 6.07) is 16.5. The minimum absolute atomic E-state index is 0.00747. The van der Waals surface area contributed by atoms with Crippen LogP contribution in [0.1, 0.15) is 268 Å². The lowest BCUT2D eigenvalue weighted by atomic mass is 9.67. The second-order valence-corrected chi connectivity index (χ2v) is 42.3. The first kappa shape index (κ1) is 95.3. The first-order valence-corrected chi connectivity index (χ1v) is 46.1. The maximum atomic E-state index is 14.2. The first-order valence-electron chi connectivity index (χ1n) is 45.7. The number of carbonyl (C=O) groups is 5. The van der Waals surface area contributed by atoms with Crippen LogP contribution in [0.25, 0.3) is 55.2 Å². The number of nitrogens with zero attached hydrogens (tertiary/aromatic N) is 12. The first-order chi connectivity index (χ1) is 62.2. The molecule has 10 aliphatic carbocycles. The maximum Gasteiger partial charge on any atom is 0.281 e. The molecule has 0 spiro atoms. The van der Waals surface area contributed by atoms with E-state index in [0.717, 1.165) is 154 Å². The van der Waals surface area contributed by atoms with Crippen LogP contribution >= 0.6 is 11.6 Å². The van der Waals surface area contributed by atoms with Gasteiger partial charge in [-0.1, -0.05) is 46.2 Å². The number of carbonyl (C=O) groups excluding carboxylic acids is 5. The fourth-order valence-corrected chi connectivity index (χ4v) is 20.3. The minimum Gasteiger partial charge on any atom is -0.304 e. The largest absolute Gasteiger partial charge is 0.304 e. The average molecular weight is 1880 g/mol. The van der Waals surface area contributed by atoms with E-state index in [9.17, 15) is 91.6 Å². The van der Waals surface area contributed by atoms with Crippen molar-refractivity contribution in [1.29, 1.82) is 10.5 Å². The number of aromatic nitrogens is 10. The molecule has 710 valence electrons. The molecule has 5 heterocycles. The van der Waals surface area contributed by atoms with Gasteiger partial charge in [0, 0.05) is 114 Å². The molecular weight excluding hydrogens is 1770 g/mol. The van der Waals surface area contributed by atoms with Crippen molar-refractivity contribution < 1.29 is 81.0 Å². The van der Waals surface area contributed by atoms with Gasteiger partial charge in [0.05, 0.1) is 60.2 Å². The summed E-state index contributed by atoms with van der Waals surface area (Å²) in [4.78, 5) is 84.7. The van der Waals surface area contributed by atoms with E-state index in [4.69, 9.17) is 11.6 Å². The number of nitriles is 2. The van der Waals surface area contributed by atoms with Gasteiger partial charge < -0.3 is 22.8 Å². The van der Waals surface area contributed by atoms with Crippen molar-refractivity contribution in [1.82, 2.24) is 47.8 Å². The predicted molar refractivity (Wildman–Crippen MR) is 477 cm³/mol. The van der Waals surface area contributed by atoms with Crippen LogP contribution in [0.4, 0.5) is 86.8 Å². The van der Waals surface area contributed by atoms with Gasteiger partial charge in [-0.2, -0.15) is 10.5 Å². The molecular formula is C97H109ClF13N17O5. The summed E-state index contributed by atoms with van der Waals surface area (Å²) in [5.74, 6) is -14.0. The second-order valence-electron chi connectivity index (χ2n) is 41.9. The summed E-state index contributed by atoms with van der Waals surface area (Å²) in [7, 11) is 0. The molecule has 20 rings (SSSR count). The summed E-state index contributed by atoms with van der Waals surface area (Å²) < 4.78 is 188. The zero-order valence-electron chi connectivity index (χ0n) is 76.4. The third kappa shape index (κ3) is 17.7. The number of hydrogen-bond acceptors (Lipinski definition) is 12. The lowest BCUT2D eigenvalue weighted by Gasteiger charge is -2.47. The number of halogens is 14. The van der Waals surface area contributed by atoms with Crippen LogP contribution in [0, 0.1) is 103 Å². The molecule has 0 radical (unpaired) electrons. The van der Waals surface area contributed by atoms with Gasteiger partial charge in [0.25, 0.3) is 11.8 Å². The van der Waals surface area contributed by atoms with Gasteiger partial charge in [0.2, 0.25) is 59.3 Å². The Kier molecular flexibility index (Phi) is 24.3. The highest BCUT2D eigenvalue weighted by atomic mass is 35.5. The minimum atomic E-state index is -3.44. The van der Waals surface area contributed by atoms with E-state index in [1.165, 1.54) is 49.2 Å². The Balaban J connectivity index is 0.000000121. The van der Waals surface area contributed by atoms with Crippen LogP contribution in [0.3, 0.4) is 0 Å². The highest BCUT2D eigenvalue weighted by Gasteiger charge is 2.68. The number of rotatable bonds is 21. The van der Waals surface area contributed by atoms with Crippen LogP contribution in [0.15, 0.2) is 60.7 Å². The fourth-order valence-electron chi connectivity index (χ4n) is 20.2. The summed E-state index contributed by atoms with van der Waals surface area (Å²) in [5, 5.41) is 32.8. The number of fused-ring (bicyclic) bond motifs is 5. The molecule has 0 saturated heterocycles. The molecule has 0 aliphatic heterocycles. The van der Waals surface area contributed by atoms with Crippen LogP contribution in [-0.4, -0.2) is 100 Å². The molecule has 5 aromatic carbocycles. The van der Waals surface area contributed by atoms with E-state index in [-0.39, 0.29) is 102 Å². The molecule has 10 fully saturated rings. The highest BCUT2D eigenvalue weighted by molar-refractivity contribution is 6.31. The molecule has 22 nitrogen and oxygen atoms in total. The topological polar surface area (TPSA) is 282 Å². The van der Waals surface area contributed by atoms with Crippen molar-refractivity contribution in [3.05, 3.63) is 118 Å². The van der Waals surface area contributed by atoms with Crippen molar-refractivity contribution in [2.24, 2.45) is 39.9 Å². The van der Waals surface area contributed by atoms with Gasteiger partial charge >= 0.3 is 0 Å². The van der Waals surface area contributed by atoms with Crippen molar-refractivity contribution >= 4 is 126 Å². The number of alkyl halides is 6. The van der Waals surface area contributed by atoms with Crippen LogP contribution in [-0.2, 0) is 51.7 Å². The van der Waals surface area contributed by atoms with Gasteiger partial charge in [-0.15, -0.1) is 0 Å². The fraction of sp³-hybridized carbons (Fsp3) is 0.567. The van der Waals surface area contributed by atoms with Crippen molar-refractivity contribution in [2.75, 3.05) is 26.6 Å². The molecule has 5 aromatic heterocycles. The van der Waals surface area contributed by atoms with Crippen LogP contribution < -0.4 is 26.6 Å². The lowest BCUT2D eigenvalue weighted by Crippen LogP contribution is -2.60. The SMILES string of the molecule is CC(C(=O)Nc1nc2cc(F)c(F)cc2n1C1(C)CCC1)C1(C)CC1.CC(C)(CC(=O)Nc1nc2ccc(F)c(C#N)c2n1C1(C)CCC1)C1CC1.CC1(CC(=O)Nc2nc3cc(F)c(F)cc3n2C2(C)CCC2)CC1.CC1(n2c(NC(=O)CC3CC(F)(F)C3(C)F)nc3cc(F)c(Cl)cc32)CCC1.CC1(n2c(NC(=O)CC3CC(F)(F)C3(C)F)nc3ccc(F)c(C#N)c32)CCC1. The number of benzene rings is 5. The number of amides is 5. The molecule has 10 aliphatic rings. The van der Waals surface area contributed by atoms with Crippen LogP contribution in [0.5, 0.6) is 0 Å². The van der Waals surface area contributed by atoms with Crippen molar-refractivity contribution in [3.8, 4) is 12.1 Å². The van der Waals surface area contributed by atoms with Gasteiger partial charge in [-0.05, 0) is 236 Å². The molecule has 5 N–H and O–H groups in total. The van der Waals surface area contributed by atoms with E-state index in [1.54, 1.807) is 15.2 Å². The second kappa shape index (κ2) is 33.9. The Bertz CT molecular complexity index is 6460. The number of hydrogen-bond donors (Lipinski definition) is 5. The Morgan fingerprint density at radius 2 is 0.752 bits per heavy atom. The number of imidazole rings is 5. The van der Waals surface area contributed by atoms with Gasteiger partial charge in [0.1, 0.15) is 40.7 Å². The predicted octanol–water partition coefficient (Wildman–Crippen LogP) is 23.7. The van der Waals surface area contributed by atoms with E-state index < -0.39 is 112 Å². The molecule has 36 heteroatoms. The van der Waals surface area contributed by atoms with E-state index in [0.29, 0.717) is 86.3 Å². The summed E-state index contributed by atoms with van der Waals surface area (Å²) in [6.07, 6.45) is 19.2. The highest BCUT2D eigenvalue weighted by Crippen LogP contribution is 2.59. The number of nitrogens with one attached hydrogen (secondary N) is 5. The molecule has 133 heavy (non-hydrogen) atoms. The average Bonchev–Trinajstić information content (AvgIpc) is 0.952. The summed E-state index contributed by atoms with van der Waals surface area (Å²) in [6.45, 7) is 22.1. The van der Waals surface area contributed by atoms with E-state index in [1.807, 2.05) is 46.6 Å². The molecule has 5 unspecified atom stereocenters. The molecule has 10 saturated carbocycles. The summed E-state index contributed by atoms with van der Waals surface area (Å²) in [5.41, 5.74) is -2.63. The zero-order valence-corrected chi connectivity index (χ0v) is 77.1. The summed E-state index contributed by atoms with van der Waals surface area (Å²) >= 11 is 5.92. The Labute approximate surface area is 765 Å². The van der Waals surface area contributed by atoms with Crippen LogP contribution in [0.2, 0.25) is 5.02 Å². The quantitative estimate of drug-likeness (QED) is 0.0420. The molecule has 0 bridgehead atoms. The van der Waals surface area contributed by atoms with Gasteiger partial charge in [0.15, 0.2) is 34.6 Å². The Morgan fingerprint density at radius 1 is 0.429 bits per heavy atom. The monoisotopic (exact) mass is 1870 g/mol. The maximum absolute atomic E-state index is 14.2.